The molecule has 0 saturated carbocycles. The summed E-state index contributed by atoms with van der Waals surface area (Å²) in [5, 5.41) is 3.15. The summed E-state index contributed by atoms with van der Waals surface area (Å²) in [6, 6.07) is 4.81. The zero-order valence-electron chi connectivity index (χ0n) is 14.2. The molecule has 1 aliphatic rings. The number of hydrogen-bond donors (Lipinski definition) is 2. The van der Waals surface area contributed by atoms with Gasteiger partial charge >= 0.3 is 6.09 Å². The second-order valence-electron chi connectivity index (χ2n) is 6.97. The van der Waals surface area contributed by atoms with Crippen LogP contribution in [0.1, 0.15) is 38.8 Å². The number of likely N-dealkylation sites (tertiary alicyclic amines) is 1. The molecule has 2 atom stereocenters. The predicted molar refractivity (Wildman–Crippen MR) is 87.7 cm³/mol. The maximum Gasteiger partial charge on any atom is 0.410 e. The zero-order valence-corrected chi connectivity index (χ0v) is 14.2. The summed E-state index contributed by atoms with van der Waals surface area (Å²) >= 11 is 0. The number of halogens is 1. The number of carbonyl (C=O) groups is 2. The van der Waals surface area contributed by atoms with Gasteiger partial charge in [0.2, 0.25) is 5.91 Å². The Balaban J connectivity index is 1.98. The summed E-state index contributed by atoms with van der Waals surface area (Å²) in [6.07, 6.45) is 0.314. The fraction of sp³-hybridized carbons (Fsp3) is 0.529. The zero-order chi connectivity index (χ0) is 17.9. The molecule has 2 rings (SSSR count). The van der Waals surface area contributed by atoms with E-state index in [-0.39, 0.29) is 18.0 Å². The van der Waals surface area contributed by atoms with E-state index in [1.165, 1.54) is 24.3 Å². The van der Waals surface area contributed by atoms with Crippen molar-refractivity contribution in [3.05, 3.63) is 35.6 Å². The number of hydrogen-bond acceptors (Lipinski definition) is 4. The SMILES string of the molecule is CC(C)(C)OC(=O)N1CC[C@H](N[C@@H](C(N)=O)c2ccc(F)cc2)C1. The van der Waals surface area contributed by atoms with E-state index in [1.54, 1.807) is 4.90 Å². The lowest BCUT2D eigenvalue weighted by molar-refractivity contribution is -0.120. The molecule has 1 aromatic rings. The van der Waals surface area contributed by atoms with Crippen LogP contribution in [0.15, 0.2) is 24.3 Å². The largest absolute Gasteiger partial charge is 0.444 e. The second-order valence-corrected chi connectivity index (χ2v) is 6.97. The molecule has 7 heteroatoms. The highest BCUT2D eigenvalue weighted by atomic mass is 19.1. The topological polar surface area (TPSA) is 84.7 Å². The maximum atomic E-state index is 13.0. The molecule has 3 N–H and O–H groups in total. The molecule has 6 nitrogen and oxygen atoms in total. The molecule has 132 valence electrons. The summed E-state index contributed by atoms with van der Waals surface area (Å²) in [5.41, 5.74) is 5.51. The van der Waals surface area contributed by atoms with Crippen LogP contribution in [0.4, 0.5) is 9.18 Å². The summed E-state index contributed by atoms with van der Waals surface area (Å²) in [4.78, 5) is 25.4. The molecule has 0 radical (unpaired) electrons. The highest BCUT2D eigenvalue weighted by molar-refractivity contribution is 5.81. The van der Waals surface area contributed by atoms with E-state index in [1.807, 2.05) is 20.8 Å². The van der Waals surface area contributed by atoms with Crippen molar-refractivity contribution >= 4 is 12.0 Å². The summed E-state index contributed by atoms with van der Waals surface area (Å²) in [5.74, 6) is -0.920. The minimum atomic E-state index is -0.728. The van der Waals surface area contributed by atoms with Crippen LogP contribution in [-0.2, 0) is 9.53 Å². The average Bonchev–Trinajstić information content (AvgIpc) is 2.92. The molecule has 1 fully saturated rings. The smallest absolute Gasteiger partial charge is 0.410 e. The molecule has 0 aromatic heterocycles. The highest BCUT2D eigenvalue weighted by Gasteiger charge is 2.32. The quantitative estimate of drug-likeness (QED) is 0.879. The number of rotatable bonds is 4. The average molecular weight is 337 g/mol. The lowest BCUT2D eigenvalue weighted by Crippen LogP contribution is -2.42. The molecular weight excluding hydrogens is 313 g/mol. The minimum absolute atomic E-state index is 0.0833. The van der Waals surface area contributed by atoms with Crippen LogP contribution in [0.5, 0.6) is 0 Å². The van der Waals surface area contributed by atoms with Crippen molar-refractivity contribution in [2.75, 3.05) is 13.1 Å². The van der Waals surface area contributed by atoms with Crippen LogP contribution in [0, 0.1) is 5.82 Å². The number of nitrogens with two attached hydrogens (primary N) is 1. The number of benzene rings is 1. The standard InChI is InChI=1S/C17H24FN3O3/c1-17(2,3)24-16(23)21-9-8-13(10-21)20-14(15(19)22)11-4-6-12(18)7-5-11/h4-7,13-14,20H,8-10H2,1-3H3,(H2,19,22)/t13-,14+/m0/s1. The van der Waals surface area contributed by atoms with Gasteiger partial charge in [0.05, 0.1) is 0 Å². The molecule has 0 bridgehead atoms. The van der Waals surface area contributed by atoms with Crippen molar-refractivity contribution in [3.63, 3.8) is 0 Å². The number of primary amides is 1. The van der Waals surface area contributed by atoms with Crippen molar-refractivity contribution in [3.8, 4) is 0 Å². The third kappa shape index (κ3) is 4.92. The Hall–Kier alpha value is -2.15. The predicted octanol–water partition coefficient (Wildman–Crippen LogP) is 1.95. The van der Waals surface area contributed by atoms with Crippen molar-refractivity contribution in [1.29, 1.82) is 0 Å². The maximum absolute atomic E-state index is 13.0. The van der Waals surface area contributed by atoms with Crippen LogP contribution < -0.4 is 11.1 Å². The Morgan fingerprint density at radius 1 is 1.33 bits per heavy atom. The normalized spacial score (nSPS) is 19.2. The summed E-state index contributed by atoms with van der Waals surface area (Å²) < 4.78 is 18.4. The van der Waals surface area contributed by atoms with Crippen molar-refractivity contribution in [2.24, 2.45) is 5.73 Å². The Kier molecular flexibility index (Phi) is 5.43. The third-order valence-corrected chi connectivity index (χ3v) is 3.73. The van der Waals surface area contributed by atoms with Gasteiger partial charge in [-0.1, -0.05) is 12.1 Å². The van der Waals surface area contributed by atoms with Crippen molar-refractivity contribution in [2.45, 2.75) is 44.9 Å². The van der Waals surface area contributed by atoms with Crippen LogP contribution in [0.3, 0.4) is 0 Å². The van der Waals surface area contributed by atoms with Gasteiger partial charge in [0, 0.05) is 19.1 Å². The lowest BCUT2D eigenvalue weighted by Gasteiger charge is -2.25. The number of nitrogens with zero attached hydrogens (tertiary/aromatic N) is 1. The van der Waals surface area contributed by atoms with Crippen LogP contribution in [-0.4, -0.2) is 41.6 Å². The van der Waals surface area contributed by atoms with Crippen molar-refractivity contribution < 1.29 is 18.7 Å². The van der Waals surface area contributed by atoms with E-state index in [9.17, 15) is 14.0 Å². The van der Waals surface area contributed by atoms with Gasteiger partial charge in [-0.05, 0) is 44.9 Å². The van der Waals surface area contributed by atoms with E-state index < -0.39 is 17.6 Å². The lowest BCUT2D eigenvalue weighted by atomic mass is 10.0. The number of ether oxygens (including phenoxy) is 1. The molecule has 1 aliphatic heterocycles. The van der Waals surface area contributed by atoms with Gasteiger partial charge in [-0.15, -0.1) is 0 Å². The van der Waals surface area contributed by atoms with E-state index >= 15 is 0 Å². The fourth-order valence-electron chi connectivity index (χ4n) is 2.62. The first-order valence-electron chi connectivity index (χ1n) is 7.94. The van der Waals surface area contributed by atoms with Gasteiger partial charge < -0.3 is 15.4 Å². The minimum Gasteiger partial charge on any atom is -0.444 e. The first kappa shape index (κ1) is 18.2. The van der Waals surface area contributed by atoms with Gasteiger partial charge in [-0.2, -0.15) is 0 Å². The van der Waals surface area contributed by atoms with Crippen LogP contribution in [0.25, 0.3) is 0 Å². The molecule has 0 unspecified atom stereocenters. The second kappa shape index (κ2) is 7.17. The van der Waals surface area contributed by atoms with Gasteiger partial charge in [0.1, 0.15) is 17.5 Å². The molecule has 2 amide bonds. The molecule has 1 heterocycles. The first-order valence-corrected chi connectivity index (χ1v) is 7.94. The first-order chi connectivity index (χ1) is 11.2. The number of nitrogens with one attached hydrogen (secondary N) is 1. The van der Waals surface area contributed by atoms with Gasteiger partial charge in [0.15, 0.2) is 0 Å². The number of amides is 2. The molecule has 1 saturated heterocycles. The Morgan fingerprint density at radius 3 is 2.50 bits per heavy atom. The van der Waals surface area contributed by atoms with Gasteiger partial charge in [-0.25, -0.2) is 9.18 Å². The van der Waals surface area contributed by atoms with Crippen molar-refractivity contribution in [1.82, 2.24) is 10.2 Å². The highest BCUT2D eigenvalue weighted by Crippen LogP contribution is 2.19. The number of carbonyl (C=O) groups excluding carboxylic acids is 2. The fourth-order valence-corrected chi connectivity index (χ4v) is 2.62. The molecule has 0 spiro atoms. The van der Waals surface area contributed by atoms with E-state index in [0.29, 0.717) is 25.1 Å². The van der Waals surface area contributed by atoms with E-state index in [0.717, 1.165) is 0 Å². The Morgan fingerprint density at radius 2 is 1.96 bits per heavy atom. The molecular formula is C17H24FN3O3. The molecule has 1 aromatic carbocycles. The van der Waals surface area contributed by atoms with Crippen LogP contribution in [0.2, 0.25) is 0 Å². The van der Waals surface area contributed by atoms with Crippen LogP contribution >= 0.6 is 0 Å². The Bertz CT molecular complexity index is 598. The Labute approximate surface area is 141 Å². The van der Waals surface area contributed by atoms with Gasteiger partial charge in [-0.3, -0.25) is 10.1 Å². The van der Waals surface area contributed by atoms with E-state index in [4.69, 9.17) is 10.5 Å². The summed E-state index contributed by atoms with van der Waals surface area (Å²) in [6.45, 7) is 6.42. The third-order valence-electron chi connectivity index (χ3n) is 3.73. The molecule has 24 heavy (non-hydrogen) atoms. The molecule has 0 aliphatic carbocycles. The van der Waals surface area contributed by atoms with E-state index in [2.05, 4.69) is 5.32 Å². The van der Waals surface area contributed by atoms with Gasteiger partial charge in [0.25, 0.3) is 0 Å². The monoisotopic (exact) mass is 337 g/mol. The summed E-state index contributed by atoms with van der Waals surface area (Å²) in [7, 11) is 0.